The first-order valence-electron chi connectivity index (χ1n) is 6.85. The second-order valence-corrected chi connectivity index (χ2v) is 4.66. The Morgan fingerprint density at radius 1 is 1.29 bits per heavy atom. The molecule has 1 rings (SSSR count). The molecule has 0 aromatic carbocycles. The standard InChI is InChI=1S/C13H26N2O2/c1-3-14(4-2)12-7-9-15(10-8-12)13(17)6-5-11-16/h12,16H,3-11H2,1-2H3. The zero-order valence-electron chi connectivity index (χ0n) is 11.2. The van der Waals surface area contributed by atoms with Gasteiger partial charge in [-0.15, -0.1) is 0 Å². The molecule has 0 atom stereocenters. The largest absolute Gasteiger partial charge is 0.396 e. The number of nitrogens with zero attached hydrogens (tertiary/aromatic N) is 2. The number of rotatable bonds is 6. The van der Waals surface area contributed by atoms with E-state index in [1.807, 2.05) is 4.90 Å². The predicted octanol–water partition coefficient (Wildman–Crippen LogP) is 1.09. The number of amides is 1. The van der Waals surface area contributed by atoms with Crippen LogP contribution in [-0.2, 0) is 4.79 Å². The smallest absolute Gasteiger partial charge is 0.222 e. The van der Waals surface area contributed by atoms with Gasteiger partial charge >= 0.3 is 0 Å². The van der Waals surface area contributed by atoms with Gasteiger partial charge in [0.2, 0.25) is 5.91 Å². The third-order valence-electron chi connectivity index (χ3n) is 3.69. The zero-order chi connectivity index (χ0) is 12.7. The van der Waals surface area contributed by atoms with Gasteiger partial charge in [0.15, 0.2) is 0 Å². The predicted molar refractivity (Wildman–Crippen MR) is 68.8 cm³/mol. The maximum Gasteiger partial charge on any atom is 0.222 e. The van der Waals surface area contributed by atoms with Gasteiger partial charge in [0.05, 0.1) is 0 Å². The second-order valence-electron chi connectivity index (χ2n) is 4.66. The van der Waals surface area contributed by atoms with E-state index in [-0.39, 0.29) is 12.5 Å². The highest BCUT2D eigenvalue weighted by atomic mass is 16.3. The summed E-state index contributed by atoms with van der Waals surface area (Å²) < 4.78 is 0. The van der Waals surface area contributed by atoms with Crippen molar-refractivity contribution in [3.05, 3.63) is 0 Å². The zero-order valence-corrected chi connectivity index (χ0v) is 11.2. The molecule has 0 saturated carbocycles. The number of carbonyl (C=O) groups is 1. The van der Waals surface area contributed by atoms with Crippen molar-refractivity contribution < 1.29 is 9.90 Å². The maximum absolute atomic E-state index is 11.8. The molecule has 100 valence electrons. The topological polar surface area (TPSA) is 43.8 Å². The van der Waals surface area contributed by atoms with Gasteiger partial charge < -0.3 is 14.9 Å². The van der Waals surface area contributed by atoms with Gasteiger partial charge in [0.25, 0.3) is 0 Å². The monoisotopic (exact) mass is 242 g/mol. The first-order chi connectivity index (χ1) is 8.22. The highest BCUT2D eigenvalue weighted by Gasteiger charge is 2.24. The fourth-order valence-electron chi connectivity index (χ4n) is 2.61. The number of hydrogen-bond donors (Lipinski definition) is 1. The Morgan fingerprint density at radius 3 is 2.35 bits per heavy atom. The first kappa shape index (κ1) is 14.5. The molecule has 4 heteroatoms. The first-order valence-corrected chi connectivity index (χ1v) is 6.85. The van der Waals surface area contributed by atoms with Crippen molar-refractivity contribution in [2.45, 2.75) is 45.6 Å². The average Bonchev–Trinajstić information content (AvgIpc) is 2.38. The van der Waals surface area contributed by atoms with E-state index in [0.29, 0.717) is 18.9 Å². The van der Waals surface area contributed by atoms with E-state index in [1.54, 1.807) is 0 Å². The summed E-state index contributed by atoms with van der Waals surface area (Å²) in [7, 11) is 0. The number of likely N-dealkylation sites (tertiary alicyclic amines) is 1. The molecule has 0 aromatic rings. The number of aliphatic hydroxyl groups excluding tert-OH is 1. The Kier molecular flexibility index (Phi) is 6.52. The van der Waals surface area contributed by atoms with Crippen LogP contribution in [0.5, 0.6) is 0 Å². The van der Waals surface area contributed by atoms with Crippen molar-refractivity contribution in [3.8, 4) is 0 Å². The Hall–Kier alpha value is -0.610. The van der Waals surface area contributed by atoms with Crippen LogP contribution in [0.3, 0.4) is 0 Å². The average molecular weight is 242 g/mol. The van der Waals surface area contributed by atoms with Gasteiger partial charge in [-0.3, -0.25) is 4.79 Å². The molecular formula is C13H26N2O2. The van der Waals surface area contributed by atoms with E-state index in [2.05, 4.69) is 18.7 Å². The third kappa shape index (κ3) is 4.28. The highest BCUT2D eigenvalue weighted by molar-refractivity contribution is 5.76. The second kappa shape index (κ2) is 7.67. The van der Waals surface area contributed by atoms with Gasteiger partial charge in [-0.1, -0.05) is 13.8 Å². The van der Waals surface area contributed by atoms with Crippen LogP contribution in [-0.4, -0.2) is 59.6 Å². The summed E-state index contributed by atoms with van der Waals surface area (Å²) in [6, 6.07) is 0.645. The highest BCUT2D eigenvalue weighted by Crippen LogP contribution is 2.17. The maximum atomic E-state index is 11.8. The van der Waals surface area contributed by atoms with E-state index < -0.39 is 0 Å². The van der Waals surface area contributed by atoms with E-state index in [0.717, 1.165) is 39.0 Å². The van der Waals surface area contributed by atoms with E-state index in [1.165, 1.54) is 0 Å². The van der Waals surface area contributed by atoms with Crippen molar-refractivity contribution in [2.75, 3.05) is 32.8 Å². The SMILES string of the molecule is CCN(CC)C1CCN(C(=O)CCCO)CC1. The number of aliphatic hydroxyl groups is 1. The van der Waals surface area contributed by atoms with Crippen LogP contribution < -0.4 is 0 Å². The van der Waals surface area contributed by atoms with Crippen molar-refractivity contribution in [2.24, 2.45) is 0 Å². The summed E-state index contributed by atoms with van der Waals surface area (Å²) in [4.78, 5) is 16.2. The lowest BCUT2D eigenvalue weighted by Gasteiger charge is -2.37. The molecule has 0 aromatic heterocycles. The van der Waals surface area contributed by atoms with Crippen LogP contribution in [0.1, 0.15) is 39.5 Å². The van der Waals surface area contributed by atoms with Crippen LogP contribution in [0.25, 0.3) is 0 Å². The Labute approximate surface area is 105 Å². The van der Waals surface area contributed by atoms with E-state index in [4.69, 9.17) is 5.11 Å². The number of carbonyl (C=O) groups excluding carboxylic acids is 1. The van der Waals surface area contributed by atoms with Crippen molar-refractivity contribution >= 4 is 5.91 Å². The molecule has 4 nitrogen and oxygen atoms in total. The minimum Gasteiger partial charge on any atom is -0.396 e. The molecule has 0 aliphatic carbocycles. The van der Waals surface area contributed by atoms with Crippen molar-refractivity contribution in [3.63, 3.8) is 0 Å². The molecule has 1 N–H and O–H groups in total. The van der Waals surface area contributed by atoms with Gasteiger partial charge in [0, 0.05) is 32.2 Å². The van der Waals surface area contributed by atoms with Crippen molar-refractivity contribution in [1.29, 1.82) is 0 Å². The molecule has 17 heavy (non-hydrogen) atoms. The molecule has 1 amide bonds. The molecule has 1 saturated heterocycles. The van der Waals surface area contributed by atoms with Crippen molar-refractivity contribution in [1.82, 2.24) is 9.80 Å². The molecular weight excluding hydrogens is 216 g/mol. The van der Waals surface area contributed by atoms with Gasteiger partial charge in [-0.05, 0) is 32.4 Å². The molecule has 1 fully saturated rings. The van der Waals surface area contributed by atoms with E-state index in [9.17, 15) is 4.79 Å². The van der Waals surface area contributed by atoms with Crippen LogP contribution in [0.15, 0.2) is 0 Å². The fraction of sp³-hybridized carbons (Fsp3) is 0.923. The summed E-state index contributed by atoms with van der Waals surface area (Å²) >= 11 is 0. The Morgan fingerprint density at radius 2 is 1.88 bits per heavy atom. The van der Waals surface area contributed by atoms with Crippen LogP contribution in [0, 0.1) is 0 Å². The Balaban J connectivity index is 2.32. The molecule has 0 unspecified atom stereocenters. The lowest BCUT2D eigenvalue weighted by molar-refractivity contribution is -0.133. The van der Waals surface area contributed by atoms with E-state index >= 15 is 0 Å². The number of piperidine rings is 1. The molecule has 0 bridgehead atoms. The lowest BCUT2D eigenvalue weighted by Crippen LogP contribution is -2.46. The molecule has 0 radical (unpaired) electrons. The third-order valence-corrected chi connectivity index (χ3v) is 3.69. The molecule has 0 spiro atoms. The van der Waals surface area contributed by atoms with Gasteiger partial charge in [-0.25, -0.2) is 0 Å². The minimum absolute atomic E-state index is 0.113. The summed E-state index contributed by atoms with van der Waals surface area (Å²) in [6.45, 7) is 8.46. The fourth-order valence-corrected chi connectivity index (χ4v) is 2.61. The quantitative estimate of drug-likeness (QED) is 0.758. The van der Waals surface area contributed by atoms with Crippen LogP contribution >= 0.6 is 0 Å². The lowest BCUT2D eigenvalue weighted by atomic mass is 10.0. The van der Waals surface area contributed by atoms with Crippen LogP contribution in [0.4, 0.5) is 0 Å². The molecule has 1 aliphatic rings. The summed E-state index contributed by atoms with van der Waals surface area (Å²) in [5.74, 6) is 0.206. The summed E-state index contributed by atoms with van der Waals surface area (Å²) in [6.07, 6.45) is 3.26. The summed E-state index contributed by atoms with van der Waals surface area (Å²) in [5, 5.41) is 8.71. The normalized spacial score (nSPS) is 17.8. The molecule has 1 aliphatic heterocycles. The molecule has 1 heterocycles. The van der Waals surface area contributed by atoms with Crippen LogP contribution in [0.2, 0.25) is 0 Å². The Bertz CT molecular complexity index is 221. The minimum atomic E-state index is 0.113. The van der Waals surface area contributed by atoms with Gasteiger partial charge in [0.1, 0.15) is 0 Å². The summed E-state index contributed by atoms with van der Waals surface area (Å²) in [5.41, 5.74) is 0. The van der Waals surface area contributed by atoms with Gasteiger partial charge in [-0.2, -0.15) is 0 Å². The number of hydrogen-bond acceptors (Lipinski definition) is 3.